The summed E-state index contributed by atoms with van der Waals surface area (Å²) in [5, 5.41) is 3.73. The van der Waals surface area contributed by atoms with Gasteiger partial charge in [-0.25, -0.2) is 0 Å². The van der Waals surface area contributed by atoms with Crippen molar-refractivity contribution in [2.75, 3.05) is 13.1 Å². The Balaban J connectivity index is 2.18. The summed E-state index contributed by atoms with van der Waals surface area (Å²) in [5.41, 5.74) is 1.65. The van der Waals surface area contributed by atoms with Crippen LogP contribution in [0.3, 0.4) is 0 Å². The quantitative estimate of drug-likeness (QED) is 0.893. The first-order valence-electron chi connectivity index (χ1n) is 7.57. The van der Waals surface area contributed by atoms with Crippen LogP contribution in [0, 0.1) is 0 Å². The fourth-order valence-electron chi connectivity index (χ4n) is 3.07. The average molecular weight is 260 g/mol. The van der Waals surface area contributed by atoms with Crippen LogP contribution in [-0.2, 0) is 0 Å². The normalized spacial score (nSPS) is 25.5. The molecule has 19 heavy (non-hydrogen) atoms. The zero-order valence-corrected chi connectivity index (χ0v) is 12.8. The smallest absolute Gasteiger partial charge is 0.0478 e. The zero-order chi connectivity index (χ0) is 13.9. The molecule has 2 rings (SSSR count). The Bertz CT molecular complexity index is 380. The zero-order valence-electron chi connectivity index (χ0n) is 12.8. The van der Waals surface area contributed by atoms with Gasteiger partial charge >= 0.3 is 0 Å². The van der Waals surface area contributed by atoms with Gasteiger partial charge in [-0.1, -0.05) is 43.7 Å². The molecule has 1 heterocycles. The molecule has 2 atom stereocenters. The fraction of sp³-hybridized carbons (Fsp3) is 0.647. The molecular formula is C17H28N2. The minimum atomic E-state index is 0.217. The topological polar surface area (TPSA) is 15.3 Å². The maximum absolute atomic E-state index is 3.73. The molecule has 1 aromatic rings. The van der Waals surface area contributed by atoms with Crippen molar-refractivity contribution in [2.45, 2.75) is 58.2 Å². The van der Waals surface area contributed by atoms with Crippen LogP contribution < -0.4 is 5.32 Å². The van der Waals surface area contributed by atoms with E-state index >= 15 is 0 Å². The minimum absolute atomic E-state index is 0.217. The van der Waals surface area contributed by atoms with Gasteiger partial charge in [-0.15, -0.1) is 0 Å². The van der Waals surface area contributed by atoms with E-state index in [9.17, 15) is 0 Å². The van der Waals surface area contributed by atoms with Gasteiger partial charge in [0.15, 0.2) is 0 Å². The molecule has 0 saturated carbocycles. The molecule has 106 valence electrons. The van der Waals surface area contributed by atoms with E-state index in [0.29, 0.717) is 12.1 Å². The van der Waals surface area contributed by atoms with Crippen molar-refractivity contribution in [3.05, 3.63) is 35.9 Å². The SMILES string of the molecule is CCCC1CN(C(C)(C)C)C(c2ccccc2)CN1. The van der Waals surface area contributed by atoms with E-state index in [2.05, 4.69) is 68.2 Å². The molecule has 0 spiro atoms. The Morgan fingerprint density at radius 2 is 1.89 bits per heavy atom. The lowest BCUT2D eigenvalue weighted by atomic mass is 9.93. The molecule has 1 fully saturated rings. The number of nitrogens with zero attached hydrogens (tertiary/aromatic N) is 1. The second-order valence-electron chi connectivity index (χ2n) is 6.64. The summed E-state index contributed by atoms with van der Waals surface area (Å²) < 4.78 is 0. The highest BCUT2D eigenvalue weighted by atomic mass is 15.3. The average Bonchev–Trinajstić information content (AvgIpc) is 2.39. The maximum atomic E-state index is 3.73. The molecule has 0 amide bonds. The monoisotopic (exact) mass is 260 g/mol. The van der Waals surface area contributed by atoms with E-state index in [1.54, 1.807) is 0 Å². The van der Waals surface area contributed by atoms with Crippen LogP contribution in [0.25, 0.3) is 0 Å². The van der Waals surface area contributed by atoms with Crippen molar-refractivity contribution in [3.8, 4) is 0 Å². The summed E-state index contributed by atoms with van der Waals surface area (Å²) >= 11 is 0. The number of hydrogen-bond donors (Lipinski definition) is 1. The number of piperazine rings is 1. The van der Waals surface area contributed by atoms with Crippen molar-refractivity contribution >= 4 is 0 Å². The third kappa shape index (κ3) is 3.58. The van der Waals surface area contributed by atoms with E-state index in [-0.39, 0.29) is 5.54 Å². The highest BCUT2D eigenvalue weighted by Crippen LogP contribution is 2.31. The second-order valence-corrected chi connectivity index (χ2v) is 6.64. The first kappa shape index (κ1) is 14.5. The van der Waals surface area contributed by atoms with Crippen LogP contribution in [-0.4, -0.2) is 29.6 Å². The van der Waals surface area contributed by atoms with E-state index in [1.165, 1.54) is 18.4 Å². The molecule has 0 aliphatic carbocycles. The van der Waals surface area contributed by atoms with Crippen LogP contribution in [0.5, 0.6) is 0 Å². The summed E-state index contributed by atoms with van der Waals surface area (Å²) in [5.74, 6) is 0. The van der Waals surface area contributed by atoms with Gasteiger partial charge in [0, 0.05) is 30.7 Å². The standard InChI is InChI=1S/C17H28N2/c1-5-9-15-13-19(17(2,3)4)16(12-18-15)14-10-7-6-8-11-14/h6-8,10-11,15-16,18H,5,9,12-13H2,1-4H3. The van der Waals surface area contributed by atoms with Gasteiger partial charge in [0.25, 0.3) is 0 Å². The largest absolute Gasteiger partial charge is 0.311 e. The van der Waals surface area contributed by atoms with Crippen LogP contribution >= 0.6 is 0 Å². The van der Waals surface area contributed by atoms with Crippen molar-refractivity contribution in [1.29, 1.82) is 0 Å². The maximum Gasteiger partial charge on any atom is 0.0478 e. The second kappa shape index (κ2) is 6.06. The molecule has 1 aromatic carbocycles. The molecule has 1 aliphatic rings. The van der Waals surface area contributed by atoms with Crippen molar-refractivity contribution in [3.63, 3.8) is 0 Å². The molecule has 2 unspecified atom stereocenters. The molecule has 2 heteroatoms. The summed E-state index contributed by atoms with van der Waals surface area (Å²) in [7, 11) is 0. The third-order valence-corrected chi connectivity index (χ3v) is 4.08. The number of benzene rings is 1. The minimum Gasteiger partial charge on any atom is -0.311 e. The summed E-state index contributed by atoms with van der Waals surface area (Å²) in [4.78, 5) is 2.67. The van der Waals surface area contributed by atoms with Crippen LogP contribution in [0.4, 0.5) is 0 Å². The van der Waals surface area contributed by atoms with Crippen LogP contribution in [0.1, 0.15) is 52.1 Å². The highest BCUT2D eigenvalue weighted by Gasteiger charge is 2.34. The van der Waals surface area contributed by atoms with Crippen LogP contribution in [0.2, 0.25) is 0 Å². The van der Waals surface area contributed by atoms with Gasteiger partial charge in [-0.2, -0.15) is 0 Å². The summed E-state index contributed by atoms with van der Waals surface area (Å²) in [6.45, 7) is 11.5. The fourth-order valence-corrected chi connectivity index (χ4v) is 3.07. The predicted molar refractivity (Wildman–Crippen MR) is 82.3 cm³/mol. The van der Waals surface area contributed by atoms with Gasteiger partial charge in [-0.05, 0) is 32.8 Å². The Morgan fingerprint density at radius 3 is 2.47 bits per heavy atom. The molecular weight excluding hydrogens is 232 g/mol. The lowest BCUT2D eigenvalue weighted by molar-refractivity contribution is 0.0386. The Labute approximate surface area is 118 Å². The van der Waals surface area contributed by atoms with Gasteiger partial charge < -0.3 is 5.32 Å². The van der Waals surface area contributed by atoms with Gasteiger partial charge in [0.05, 0.1) is 0 Å². The van der Waals surface area contributed by atoms with Crippen molar-refractivity contribution < 1.29 is 0 Å². The lowest BCUT2D eigenvalue weighted by Crippen LogP contribution is -2.58. The van der Waals surface area contributed by atoms with Gasteiger partial charge in [-0.3, -0.25) is 4.90 Å². The van der Waals surface area contributed by atoms with Crippen molar-refractivity contribution in [1.82, 2.24) is 10.2 Å². The van der Waals surface area contributed by atoms with E-state index in [0.717, 1.165) is 13.1 Å². The summed E-state index contributed by atoms with van der Waals surface area (Å²) in [6.07, 6.45) is 2.53. The molecule has 0 bridgehead atoms. The number of nitrogens with one attached hydrogen (secondary N) is 1. The van der Waals surface area contributed by atoms with Gasteiger partial charge in [0.2, 0.25) is 0 Å². The Hall–Kier alpha value is -0.860. The van der Waals surface area contributed by atoms with Gasteiger partial charge in [0.1, 0.15) is 0 Å². The molecule has 0 aromatic heterocycles. The lowest BCUT2D eigenvalue weighted by Gasteiger charge is -2.48. The van der Waals surface area contributed by atoms with E-state index in [1.807, 2.05) is 0 Å². The molecule has 1 saturated heterocycles. The Morgan fingerprint density at radius 1 is 1.21 bits per heavy atom. The highest BCUT2D eigenvalue weighted by molar-refractivity contribution is 5.21. The summed E-state index contributed by atoms with van der Waals surface area (Å²) in [6, 6.07) is 12.0. The molecule has 1 N–H and O–H groups in total. The predicted octanol–water partition coefficient (Wildman–Crippen LogP) is 3.60. The van der Waals surface area contributed by atoms with E-state index in [4.69, 9.17) is 0 Å². The first-order chi connectivity index (χ1) is 9.02. The molecule has 1 aliphatic heterocycles. The third-order valence-electron chi connectivity index (χ3n) is 4.08. The van der Waals surface area contributed by atoms with E-state index < -0.39 is 0 Å². The van der Waals surface area contributed by atoms with Crippen LogP contribution in [0.15, 0.2) is 30.3 Å². The number of rotatable bonds is 3. The molecule has 2 nitrogen and oxygen atoms in total. The van der Waals surface area contributed by atoms with Crippen molar-refractivity contribution in [2.24, 2.45) is 0 Å². The Kier molecular flexibility index (Phi) is 4.64. The molecule has 0 radical (unpaired) electrons. The number of hydrogen-bond acceptors (Lipinski definition) is 2. The first-order valence-corrected chi connectivity index (χ1v) is 7.57.